The van der Waals surface area contributed by atoms with E-state index < -0.39 is 17.8 Å². The topological polar surface area (TPSA) is 112 Å². The molecule has 5 rings (SSSR count). The summed E-state index contributed by atoms with van der Waals surface area (Å²) in [5, 5.41) is 11.1. The van der Waals surface area contributed by atoms with Crippen LogP contribution in [0.1, 0.15) is 27.8 Å². The Balaban J connectivity index is 1.50. The predicted molar refractivity (Wildman–Crippen MR) is 135 cm³/mol. The molecular weight excluding hydrogens is 490 g/mol. The van der Waals surface area contributed by atoms with Crippen molar-refractivity contribution >= 4 is 45.8 Å². The third-order valence-corrected chi connectivity index (χ3v) is 6.15. The summed E-state index contributed by atoms with van der Waals surface area (Å²) in [7, 11) is 0. The minimum absolute atomic E-state index is 0.118. The van der Waals surface area contributed by atoms with Crippen LogP contribution in [0.2, 0.25) is 10.2 Å². The number of amides is 1. The molecule has 0 radical (unpaired) electrons. The number of nitrogen functional groups attached to an aromatic ring is 1. The Kier molecular flexibility index (Phi) is 6.15. The highest BCUT2D eigenvalue weighted by atomic mass is 35.5. The lowest BCUT2D eigenvalue weighted by Crippen LogP contribution is -2.31. The lowest BCUT2D eigenvalue weighted by Gasteiger charge is -2.17. The number of carbonyl (C=O) groups is 1. The van der Waals surface area contributed by atoms with Crippen molar-refractivity contribution in [2.75, 3.05) is 5.73 Å². The van der Waals surface area contributed by atoms with Gasteiger partial charge in [-0.05, 0) is 42.3 Å². The lowest BCUT2D eigenvalue weighted by atomic mass is 10.0. The van der Waals surface area contributed by atoms with E-state index in [1.54, 1.807) is 0 Å². The van der Waals surface area contributed by atoms with Crippen LogP contribution in [0.15, 0.2) is 66.7 Å². The first-order valence-corrected chi connectivity index (χ1v) is 11.4. The van der Waals surface area contributed by atoms with E-state index in [9.17, 15) is 9.18 Å². The zero-order valence-electron chi connectivity index (χ0n) is 18.1. The second kappa shape index (κ2) is 9.40. The number of carbonyl (C=O) groups excluding carboxylic acids is 1. The van der Waals surface area contributed by atoms with Gasteiger partial charge in [0.1, 0.15) is 22.5 Å². The third kappa shape index (κ3) is 4.71. The monoisotopic (exact) mass is 508 g/mol. The standard InChI is InChI=1S/C25H19Cl2FN6O/c26-15-7-9-16(18(28)12-15)25(35)30-20(10-13-4-2-1-3-5-13)24-31-21(22(27)32-24)14-6-8-17-19(11-14)33-34-23(17)29/h1-9,11-12,20H,10H2,(H,30,35)(H,31,32)(H3,29,33,34). The van der Waals surface area contributed by atoms with Gasteiger partial charge in [-0.3, -0.25) is 9.89 Å². The maximum atomic E-state index is 14.4. The molecule has 0 aliphatic rings. The summed E-state index contributed by atoms with van der Waals surface area (Å²) in [5.41, 5.74) is 8.68. The predicted octanol–water partition coefficient (Wildman–Crippen LogP) is 5.69. The van der Waals surface area contributed by atoms with Gasteiger partial charge in [-0.1, -0.05) is 59.6 Å². The van der Waals surface area contributed by atoms with E-state index in [1.165, 1.54) is 12.1 Å². The second-order valence-electron chi connectivity index (χ2n) is 7.99. The number of nitrogens with one attached hydrogen (secondary N) is 3. The van der Waals surface area contributed by atoms with Gasteiger partial charge in [0.2, 0.25) is 0 Å². The Morgan fingerprint density at radius 3 is 2.66 bits per heavy atom. The van der Waals surface area contributed by atoms with E-state index in [0.717, 1.165) is 28.1 Å². The fourth-order valence-corrected chi connectivity index (χ4v) is 4.30. The van der Waals surface area contributed by atoms with E-state index in [2.05, 4.69) is 20.5 Å². The van der Waals surface area contributed by atoms with Crippen molar-refractivity contribution in [3.63, 3.8) is 0 Å². The number of hydrogen-bond acceptors (Lipinski definition) is 4. The molecule has 176 valence electrons. The van der Waals surface area contributed by atoms with Crippen LogP contribution in [0.25, 0.3) is 22.2 Å². The minimum Gasteiger partial charge on any atom is -0.382 e. The van der Waals surface area contributed by atoms with Crippen LogP contribution >= 0.6 is 23.2 Å². The molecule has 1 amide bonds. The van der Waals surface area contributed by atoms with Crippen LogP contribution in [0.3, 0.4) is 0 Å². The summed E-state index contributed by atoms with van der Waals surface area (Å²) in [6.45, 7) is 0. The average Bonchev–Trinajstić information content (AvgIpc) is 3.41. The molecule has 0 bridgehead atoms. The van der Waals surface area contributed by atoms with Crippen LogP contribution in [0, 0.1) is 5.82 Å². The molecule has 3 aromatic carbocycles. The highest BCUT2D eigenvalue weighted by Crippen LogP contribution is 2.31. The molecule has 35 heavy (non-hydrogen) atoms. The minimum atomic E-state index is -0.709. The molecule has 2 aromatic heterocycles. The maximum Gasteiger partial charge on any atom is 0.254 e. The van der Waals surface area contributed by atoms with Gasteiger partial charge in [0.05, 0.1) is 17.1 Å². The third-order valence-electron chi connectivity index (χ3n) is 5.64. The number of nitrogens with two attached hydrogens (primary N) is 1. The Labute approximate surface area is 209 Å². The molecule has 2 heterocycles. The van der Waals surface area contributed by atoms with Crippen molar-refractivity contribution in [2.45, 2.75) is 12.5 Å². The first-order chi connectivity index (χ1) is 16.9. The molecular formula is C25H19Cl2FN6O. The van der Waals surface area contributed by atoms with Gasteiger partial charge in [0.15, 0.2) is 5.82 Å². The van der Waals surface area contributed by atoms with Crippen molar-refractivity contribution in [3.8, 4) is 11.3 Å². The highest BCUT2D eigenvalue weighted by molar-refractivity contribution is 6.32. The van der Waals surface area contributed by atoms with Crippen molar-refractivity contribution in [1.29, 1.82) is 0 Å². The summed E-state index contributed by atoms with van der Waals surface area (Å²) < 4.78 is 14.4. The van der Waals surface area contributed by atoms with Crippen molar-refractivity contribution in [2.24, 2.45) is 0 Å². The second-order valence-corrected chi connectivity index (χ2v) is 8.81. The number of halogens is 3. The molecule has 1 unspecified atom stereocenters. The van der Waals surface area contributed by atoms with Gasteiger partial charge in [0, 0.05) is 16.0 Å². The summed E-state index contributed by atoms with van der Waals surface area (Å²) in [4.78, 5) is 20.7. The van der Waals surface area contributed by atoms with Crippen LogP contribution in [-0.2, 0) is 6.42 Å². The number of H-pyrrole nitrogens is 2. The number of nitrogens with zero attached hydrogens (tertiary/aromatic N) is 2. The molecule has 0 fully saturated rings. The first-order valence-electron chi connectivity index (χ1n) is 10.7. The fourth-order valence-electron chi connectivity index (χ4n) is 3.89. The number of hydrogen-bond donors (Lipinski definition) is 4. The molecule has 0 aliphatic heterocycles. The number of anilines is 1. The number of rotatable bonds is 6. The van der Waals surface area contributed by atoms with E-state index in [0.29, 0.717) is 28.9 Å². The zero-order valence-corrected chi connectivity index (χ0v) is 19.7. The quantitative estimate of drug-likeness (QED) is 0.235. The van der Waals surface area contributed by atoms with Crippen molar-refractivity contribution in [1.82, 2.24) is 25.5 Å². The highest BCUT2D eigenvalue weighted by Gasteiger charge is 2.23. The van der Waals surface area contributed by atoms with E-state index in [4.69, 9.17) is 33.9 Å². The molecule has 5 aromatic rings. The SMILES string of the molecule is Nc1n[nH]c2cc(-c3nc(C(Cc4ccccc4)NC(=O)c4ccc(Cl)cc4F)[nH]c3Cl)ccc12. The van der Waals surface area contributed by atoms with Gasteiger partial charge in [-0.2, -0.15) is 5.10 Å². The molecule has 0 saturated carbocycles. The summed E-state index contributed by atoms with van der Waals surface area (Å²) in [6, 6.07) is 18.4. The van der Waals surface area contributed by atoms with Crippen molar-refractivity contribution in [3.05, 3.63) is 99.7 Å². The smallest absolute Gasteiger partial charge is 0.254 e. The molecule has 1 atom stereocenters. The summed E-state index contributed by atoms with van der Waals surface area (Å²) in [6.07, 6.45) is 0.404. The normalized spacial score (nSPS) is 12.1. The van der Waals surface area contributed by atoms with Gasteiger partial charge in [0.25, 0.3) is 5.91 Å². The summed E-state index contributed by atoms with van der Waals surface area (Å²) >= 11 is 12.4. The van der Waals surface area contributed by atoms with E-state index in [1.807, 2.05) is 48.5 Å². The summed E-state index contributed by atoms with van der Waals surface area (Å²) in [5.74, 6) is -0.469. The maximum absolute atomic E-state index is 14.4. The zero-order chi connectivity index (χ0) is 24.5. The Morgan fingerprint density at radius 1 is 1.09 bits per heavy atom. The largest absolute Gasteiger partial charge is 0.382 e. The number of benzene rings is 3. The molecule has 0 spiro atoms. The van der Waals surface area contributed by atoms with Gasteiger partial charge in [-0.25, -0.2) is 9.37 Å². The first kappa shape index (κ1) is 22.9. The number of fused-ring (bicyclic) bond motifs is 1. The average molecular weight is 509 g/mol. The number of imidazole rings is 1. The van der Waals surface area contributed by atoms with Crippen LogP contribution < -0.4 is 11.1 Å². The molecule has 10 heteroatoms. The van der Waals surface area contributed by atoms with Crippen molar-refractivity contribution < 1.29 is 9.18 Å². The Morgan fingerprint density at radius 2 is 1.89 bits per heavy atom. The Bertz CT molecular complexity index is 1530. The molecule has 0 saturated heterocycles. The van der Waals surface area contributed by atoms with E-state index >= 15 is 0 Å². The van der Waals surface area contributed by atoms with Gasteiger partial charge in [-0.15, -0.1) is 0 Å². The van der Waals surface area contributed by atoms with E-state index in [-0.39, 0.29) is 10.6 Å². The van der Waals surface area contributed by atoms with Gasteiger partial charge < -0.3 is 16.0 Å². The molecule has 7 nitrogen and oxygen atoms in total. The van der Waals surface area contributed by atoms with Crippen LogP contribution in [0.5, 0.6) is 0 Å². The Hall–Kier alpha value is -3.88. The lowest BCUT2D eigenvalue weighted by molar-refractivity contribution is 0.0930. The van der Waals surface area contributed by atoms with Crippen LogP contribution in [-0.4, -0.2) is 26.1 Å². The number of aromatic nitrogens is 4. The van der Waals surface area contributed by atoms with Crippen LogP contribution in [0.4, 0.5) is 10.2 Å². The van der Waals surface area contributed by atoms with Gasteiger partial charge >= 0.3 is 0 Å². The number of aromatic amines is 2. The fraction of sp³-hybridized carbons (Fsp3) is 0.0800. The molecule has 5 N–H and O–H groups in total. The molecule has 0 aliphatic carbocycles.